The average Bonchev–Trinajstić information content (AvgIpc) is 3.01. The van der Waals surface area contributed by atoms with E-state index in [1.165, 1.54) is 6.07 Å². The molecule has 0 aromatic carbocycles. The normalized spacial score (nSPS) is 18.1. The van der Waals surface area contributed by atoms with Crippen LogP contribution in [-0.4, -0.2) is 44.7 Å². The van der Waals surface area contributed by atoms with Crippen molar-refractivity contribution in [3.8, 4) is 0 Å². The van der Waals surface area contributed by atoms with Crippen LogP contribution < -0.4 is 10.2 Å². The molecule has 2 rings (SSSR count). The number of pyridine rings is 1. The van der Waals surface area contributed by atoms with Crippen LogP contribution in [0.1, 0.15) is 48.0 Å². The van der Waals surface area contributed by atoms with Gasteiger partial charge in [-0.1, -0.05) is 20.8 Å². The van der Waals surface area contributed by atoms with Gasteiger partial charge in [-0.15, -0.1) is 0 Å². The van der Waals surface area contributed by atoms with Crippen LogP contribution in [0.3, 0.4) is 0 Å². The smallest absolute Gasteiger partial charge is 0.412 e. The Kier molecular flexibility index (Phi) is 7.00. The van der Waals surface area contributed by atoms with Crippen molar-refractivity contribution in [3.05, 3.63) is 18.1 Å². The summed E-state index contributed by atoms with van der Waals surface area (Å²) in [6, 6.07) is 3.26. The fraction of sp³-hybridized carbons (Fsp3) is 0.714. The summed E-state index contributed by atoms with van der Waals surface area (Å²) in [6.45, 7) is 18.8. The minimum atomic E-state index is -1.77. The van der Waals surface area contributed by atoms with Gasteiger partial charge in [-0.2, -0.15) is 4.39 Å². The predicted molar refractivity (Wildman–Crippen MR) is 118 cm³/mol. The summed E-state index contributed by atoms with van der Waals surface area (Å²) in [6.07, 6.45) is 0.297. The minimum Gasteiger partial charge on any atom is -0.444 e. The first kappa shape index (κ1) is 23.6. The van der Waals surface area contributed by atoms with E-state index in [4.69, 9.17) is 9.16 Å². The number of hydrogen-bond acceptors (Lipinski definition) is 5. The summed E-state index contributed by atoms with van der Waals surface area (Å²) in [5, 5.41) is 2.60. The zero-order valence-electron chi connectivity index (χ0n) is 19.1. The maximum absolute atomic E-state index is 14.4. The molecule has 0 saturated carbocycles. The molecule has 1 amide bonds. The second kappa shape index (κ2) is 8.59. The first-order valence-electron chi connectivity index (χ1n) is 10.2. The fourth-order valence-corrected chi connectivity index (χ4v) is 3.91. The second-order valence-corrected chi connectivity index (χ2v) is 15.1. The molecule has 0 aliphatic carbocycles. The molecule has 1 aromatic heterocycles. The molecule has 0 spiro atoms. The van der Waals surface area contributed by atoms with Crippen LogP contribution in [0.25, 0.3) is 0 Å². The first-order chi connectivity index (χ1) is 13.2. The van der Waals surface area contributed by atoms with Crippen molar-refractivity contribution >= 4 is 25.9 Å². The molecule has 1 aromatic rings. The van der Waals surface area contributed by atoms with Gasteiger partial charge in [0.1, 0.15) is 11.4 Å². The van der Waals surface area contributed by atoms with Gasteiger partial charge in [0.2, 0.25) is 5.95 Å². The predicted octanol–water partition coefficient (Wildman–Crippen LogP) is 5.42. The van der Waals surface area contributed by atoms with Gasteiger partial charge in [0.15, 0.2) is 8.32 Å². The van der Waals surface area contributed by atoms with Crippen molar-refractivity contribution < 1.29 is 18.3 Å². The first-order valence-corrected chi connectivity index (χ1v) is 13.1. The van der Waals surface area contributed by atoms with Gasteiger partial charge >= 0.3 is 6.09 Å². The highest BCUT2D eigenvalue weighted by Crippen LogP contribution is 2.37. The van der Waals surface area contributed by atoms with Gasteiger partial charge < -0.3 is 14.1 Å². The van der Waals surface area contributed by atoms with Crippen molar-refractivity contribution in [3.63, 3.8) is 0 Å². The summed E-state index contributed by atoms with van der Waals surface area (Å²) in [5.74, 6) is 0.273. The monoisotopic (exact) mass is 425 g/mol. The summed E-state index contributed by atoms with van der Waals surface area (Å²) >= 11 is 0. The van der Waals surface area contributed by atoms with E-state index in [0.29, 0.717) is 11.7 Å². The van der Waals surface area contributed by atoms with Gasteiger partial charge in [0, 0.05) is 25.6 Å². The topological polar surface area (TPSA) is 63.7 Å². The maximum atomic E-state index is 14.4. The van der Waals surface area contributed by atoms with Crippen LogP contribution in [0.2, 0.25) is 18.1 Å². The Hall–Kier alpha value is -1.67. The molecule has 2 heterocycles. The molecule has 29 heavy (non-hydrogen) atoms. The van der Waals surface area contributed by atoms with E-state index < -0.39 is 26.0 Å². The molecule has 0 bridgehead atoms. The standard InChI is InChI=1S/C21H36FN3O3Si/c1-20(2,3)28-19(26)23-16-9-10-17(24-18(16)22)25-12-11-15(13-25)14-27-29(7,8)21(4,5)6/h9-10,15H,11-14H2,1-8H3,(H,23,26)/t15-/m0/s1. The largest absolute Gasteiger partial charge is 0.444 e. The third-order valence-corrected chi connectivity index (χ3v) is 10.1. The van der Waals surface area contributed by atoms with Crippen molar-refractivity contribution in [2.45, 2.75) is 71.7 Å². The van der Waals surface area contributed by atoms with Gasteiger partial charge in [0.05, 0.1) is 5.69 Å². The molecule has 1 N–H and O–H groups in total. The lowest BCUT2D eigenvalue weighted by atomic mass is 10.1. The number of aromatic nitrogens is 1. The number of rotatable bonds is 5. The molecule has 8 heteroatoms. The zero-order valence-corrected chi connectivity index (χ0v) is 20.1. The fourth-order valence-electron chi connectivity index (χ4n) is 2.83. The van der Waals surface area contributed by atoms with Crippen molar-refractivity contribution in [2.75, 3.05) is 29.9 Å². The number of halogens is 1. The van der Waals surface area contributed by atoms with Crippen molar-refractivity contribution in [2.24, 2.45) is 5.92 Å². The molecule has 1 saturated heterocycles. The lowest BCUT2D eigenvalue weighted by molar-refractivity contribution is 0.0635. The van der Waals surface area contributed by atoms with Crippen LogP contribution in [0, 0.1) is 11.9 Å². The number of carbonyl (C=O) groups excluding carboxylic acids is 1. The number of amides is 1. The molecule has 0 unspecified atom stereocenters. The molecular formula is C21H36FN3O3Si. The second-order valence-electron chi connectivity index (χ2n) is 10.3. The summed E-state index contributed by atoms with van der Waals surface area (Å²) in [4.78, 5) is 18.0. The Morgan fingerprint density at radius 1 is 1.28 bits per heavy atom. The maximum Gasteiger partial charge on any atom is 0.412 e. The van der Waals surface area contributed by atoms with E-state index in [9.17, 15) is 9.18 Å². The van der Waals surface area contributed by atoms with Gasteiger partial charge in [-0.25, -0.2) is 9.78 Å². The van der Waals surface area contributed by atoms with E-state index >= 15 is 0 Å². The minimum absolute atomic E-state index is 0.0139. The molecule has 1 atom stereocenters. The number of hydrogen-bond donors (Lipinski definition) is 1. The number of carbonyl (C=O) groups is 1. The third kappa shape index (κ3) is 6.67. The van der Waals surface area contributed by atoms with Gasteiger partial charge in [0.25, 0.3) is 0 Å². The summed E-state index contributed by atoms with van der Waals surface area (Å²) in [7, 11) is -1.77. The Bertz CT molecular complexity index is 729. The van der Waals surface area contributed by atoms with Crippen LogP contribution in [0.15, 0.2) is 12.1 Å². The summed E-state index contributed by atoms with van der Waals surface area (Å²) < 4.78 is 25.9. The third-order valence-electron chi connectivity index (χ3n) is 5.57. The summed E-state index contributed by atoms with van der Waals surface area (Å²) in [5.41, 5.74) is -0.634. The van der Waals surface area contributed by atoms with E-state index in [1.807, 2.05) is 0 Å². The lowest BCUT2D eigenvalue weighted by Gasteiger charge is -2.37. The van der Waals surface area contributed by atoms with E-state index in [1.54, 1.807) is 26.8 Å². The molecule has 1 aliphatic rings. The average molecular weight is 426 g/mol. The molecule has 0 radical (unpaired) electrons. The number of ether oxygens (including phenoxy) is 1. The highest BCUT2D eigenvalue weighted by molar-refractivity contribution is 6.74. The van der Waals surface area contributed by atoms with E-state index in [-0.39, 0.29) is 10.7 Å². The lowest BCUT2D eigenvalue weighted by Crippen LogP contribution is -2.42. The molecule has 1 aliphatic heterocycles. The highest BCUT2D eigenvalue weighted by Gasteiger charge is 2.38. The Morgan fingerprint density at radius 3 is 2.48 bits per heavy atom. The quantitative estimate of drug-likeness (QED) is 0.504. The van der Waals surface area contributed by atoms with Gasteiger partial charge in [-0.05, 0) is 57.5 Å². The van der Waals surface area contributed by atoms with Crippen LogP contribution in [0.4, 0.5) is 20.7 Å². The zero-order chi connectivity index (χ0) is 22.0. The Labute approximate surface area is 175 Å². The van der Waals surface area contributed by atoms with Crippen LogP contribution >= 0.6 is 0 Å². The van der Waals surface area contributed by atoms with E-state index in [2.05, 4.69) is 49.1 Å². The molecule has 6 nitrogen and oxygen atoms in total. The molecular weight excluding hydrogens is 389 g/mol. The van der Waals surface area contributed by atoms with Crippen LogP contribution in [0.5, 0.6) is 0 Å². The highest BCUT2D eigenvalue weighted by atomic mass is 28.4. The molecule has 164 valence electrons. The van der Waals surface area contributed by atoms with Crippen LogP contribution in [-0.2, 0) is 9.16 Å². The van der Waals surface area contributed by atoms with Crippen molar-refractivity contribution in [1.82, 2.24) is 4.98 Å². The number of anilines is 2. The Balaban J connectivity index is 1.94. The van der Waals surface area contributed by atoms with E-state index in [0.717, 1.165) is 26.1 Å². The number of nitrogens with one attached hydrogen (secondary N) is 1. The molecule has 1 fully saturated rings. The van der Waals surface area contributed by atoms with Gasteiger partial charge in [-0.3, -0.25) is 5.32 Å². The number of nitrogens with zero attached hydrogens (tertiary/aromatic N) is 2. The Morgan fingerprint density at radius 2 is 1.93 bits per heavy atom. The SMILES string of the molecule is CC(C)(C)OC(=O)Nc1ccc(N2CC[C@H](CO[Si](C)(C)C(C)(C)C)C2)nc1F. The van der Waals surface area contributed by atoms with Crippen molar-refractivity contribution in [1.29, 1.82) is 0 Å².